The van der Waals surface area contributed by atoms with E-state index in [1.807, 2.05) is 24.3 Å². The summed E-state index contributed by atoms with van der Waals surface area (Å²) in [5.41, 5.74) is 1.24. The van der Waals surface area contributed by atoms with E-state index in [9.17, 15) is 4.79 Å². The fourth-order valence-corrected chi connectivity index (χ4v) is 5.27. The van der Waals surface area contributed by atoms with Crippen molar-refractivity contribution in [3.63, 3.8) is 0 Å². The summed E-state index contributed by atoms with van der Waals surface area (Å²) in [4.78, 5) is 17.9. The van der Waals surface area contributed by atoms with Crippen LogP contribution < -0.4 is 5.32 Å². The second kappa shape index (κ2) is 9.80. The number of carbonyl (C=O) groups excluding carboxylic acids is 1. The van der Waals surface area contributed by atoms with E-state index in [4.69, 9.17) is 9.51 Å². The summed E-state index contributed by atoms with van der Waals surface area (Å²) in [5, 5.41) is 18.9. The van der Waals surface area contributed by atoms with Gasteiger partial charge >= 0.3 is 0 Å². The number of hydrogen-bond acceptors (Lipinski definition) is 7. The molecule has 2 aliphatic carbocycles. The molecule has 2 heterocycles. The molecule has 33 heavy (non-hydrogen) atoms. The lowest BCUT2D eigenvalue weighted by atomic mass is 9.88. The van der Waals surface area contributed by atoms with Crippen molar-refractivity contribution in [2.24, 2.45) is 5.92 Å². The molecule has 0 saturated heterocycles. The monoisotopic (exact) mass is 449 g/mol. The van der Waals surface area contributed by atoms with Gasteiger partial charge in [0.1, 0.15) is 11.9 Å². The molecule has 2 aliphatic rings. The predicted molar refractivity (Wildman–Crippen MR) is 120 cm³/mol. The number of nitrogens with one attached hydrogen (secondary N) is 1. The second-order valence-corrected chi connectivity index (χ2v) is 9.51. The first kappa shape index (κ1) is 21.7. The van der Waals surface area contributed by atoms with Crippen molar-refractivity contribution in [1.29, 1.82) is 0 Å². The molecule has 3 aromatic rings. The van der Waals surface area contributed by atoms with E-state index < -0.39 is 5.54 Å². The maximum Gasteiger partial charge on any atom is 0.227 e. The van der Waals surface area contributed by atoms with Crippen molar-refractivity contribution in [2.75, 3.05) is 0 Å². The van der Waals surface area contributed by atoms with Gasteiger partial charge in [-0.2, -0.15) is 4.98 Å². The number of amides is 1. The first-order valence-electron chi connectivity index (χ1n) is 12.2. The summed E-state index contributed by atoms with van der Waals surface area (Å²) in [6.45, 7) is 0. The van der Waals surface area contributed by atoms with E-state index >= 15 is 0 Å². The highest BCUT2D eigenvalue weighted by atomic mass is 16.5. The molecule has 2 aromatic heterocycles. The van der Waals surface area contributed by atoms with Crippen LogP contribution in [-0.2, 0) is 23.2 Å². The average Bonchev–Trinajstić information content (AvgIpc) is 3.58. The number of nitrogens with zero attached hydrogens (tertiary/aromatic N) is 6. The van der Waals surface area contributed by atoms with Gasteiger partial charge in [0.05, 0.1) is 12.1 Å². The lowest BCUT2D eigenvalue weighted by molar-refractivity contribution is -0.122. The molecule has 174 valence electrons. The number of carbonyl (C=O) groups is 1. The van der Waals surface area contributed by atoms with Gasteiger partial charge in [-0.15, -0.1) is 5.10 Å². The molecule has 0 unspecified atom stereocenters. The van der Waals surface area contributed by atoms with Crippen molar-refractivity contribution in [1.82, 2.24) is 35.7 Å². The molecule has 2 saturated carbocycles. The SMILES string of the molecule is O=C(Cc1ccc(-n2cnnn2)cc1)NC1(c2noc(CC3CCCC3)n2)CCCCCC1. The van der Waals surface area contributed by atoms with Crippen LogP contribution in [0.1, 0.15) is 81.5 Å². The Balaban J connectivity index is 1.29. The Morgan fingerprint density at radius 3 is 2.52 bits per heavy atom. The Labute approximate surface area is 193 Å². The van der Waals surface area contributed by atoms with Gasteiger partial charge in [-0.25, -0.2) is 4.68 Å². The van der Waals surface area contributed by atoms with Gasteiger partial charge in [0.15, 0.2) is 5.82 Å². The quantitative estimate of drug-likeness (QED) is 0.548. The third kappa shape index (κ3) is 5.12. The molecule has 1 aromatic carbocycles. The highest BCUT2D eigenvalue weighted by Crippen LogP contribution is 2.35. The van der Waals surface area contributed by atoms with Gasteiger partial charge in [-0.1, -0.05) is 55.8 Å². The summed E-state index contributed by atoms with van der Waals surface area (Å²) < 4.78 is 7.25. The summed E-state index contributed by atoms with van der Waals surface area (Å²) in [5.74, 6) is 2.00. The van der Waals surface area contributed by atoms with Gasteiger partial charge in [0.25, 0.3) is 0 Å². The van der Waals surface area contributed by atoms with E-state index in [1.54, 1.807) is 11.0 Å². The Bertz CT molecular complexity index is 1030. The summed E-state index contributed by atoms with van der Waals surface area (Å²) in [7, 11) is 0. The van der Waals surface area contributed by atoms with Crippen LogP contribution in [0.5, 0.6) is 0 Å². The number of rotatable bonds is 7. The van der Waals surface area contributed by atoms with Crippen LogP contribution in [-0.4, -0.2) is 36.3 Å². The van der Waals surface area contributed by atoms with E-state index in [1.165, 1.54) is 38.5 Å². The van der Waals surface area contributed by atoms with Gasteiger partial charge in [-0.05, 0) is 59.7 Å². The third-order valence-corrected chi connectivity index (χ3v) is 7.08. The molecule has 5 rings (SSSR count). The maximum absolute atomic E-state index is 13.1. The van der Waals surface area contributed by atoms with E-state index in [-0.39, 0.29) is 5.91 Å². The van der Waals surface area contributed by atoms with Gasteiger partial charge in [0, 0.05) is 6.42 Å². The maximum atomic E-state index is 13.1. The predicted octanol–water partition coefficient (Wildman–Crippen LogP) is 3.69. The van der Waals surface area contributed by atoms with Crippen LogP contribution in [0.2, 0.25) is 0 Å². The Morgan fingerprint density at radius 2 is 1.82 bits per heavy atom. The molecule has 0 spiro atoms. The van der Waals surface area contributed by atoms with E-state index in [2.05, 4.69) is 26.0 Å². The summed E-state index contributed by atoms with van der Waals surface area (Å²) >= 11 is 0. The van der Waals surface area contributed by atoms with Gasteiger partial charge in [-0.3, -0.25) is 4.79 Å². The minimum atomic E-state index is -0.544. The third-order valence-electron chi connectivity index (χ3n) is 7.08. The second-order valence-electron chi connectivity index (χ2n) is 9.51. The fraction of sp³-hybridized carbons (Fsp3) is 0.583. The van der Waals surface area contributed by atoms with E-state index in [0.29, 0.717) is 24.1 Å². The lowest BCUT2D eigenvalue weighted by Crippen LogP contribution is -2.47. The molecule has 0 radical (unpaired) electrons. The van der Waals surface area contributed by atoms with Gasteiger partial charge in [0.2, 0.25) is 11.8 Å². The van der Waals surface area contributed by atoms with Crippen LogP contribution in [0.15, 0.2) is 35.1 Å². The zero-order chi connectivity index (χ0) is 22.5. The van der Waals surface area contributed by atoms with Crippen LogP contribution in [0.25, 0.3) is 5.69 Å². The minimum absolute atomic E-state index is 0.0192. The highest BCUT2D eigenvalue weighted by molar-refractivity contribution is 5.79. The van der Waals surface area contributed by atoms with Crippen molar-refractivity contribution >= 4 is 5.91 Å². The van der Waals surface area contributed by atoms with Gasteiger partial charge < -0.3 is 9.84 Å². The van der Waals surface area contributed by atoms with Crippen molar-refractivity contribution in [3.05, 3.63) is 47.9 Å². The Morgan fingerprint density at radius 1 is 1.06 bits per heavy atom. The van der Waals surface area contributed by atoms with Crippen LogP contribution in [0.3, 0.4) is 0 Å². The number of tetrazole rings is 1. The molecule has 0 bridgehead atoms. The summed E-state index contributed by atoms with van der Waals surface area (Å²) in [6, 6.07) is 7.69. The zero-order valence-corrected chi connectivity index (χ0v) is 18.9. The summed E-state index contributed by atoms with van der Waals surface area (Å²) in [6.07, 6.45) is 13.9. The molecule has 9 nitrogen and oxygen atoms in total. The largest absolute Gasteiger partial charge is 0.343 e. The smallest absolute Gasteiger partial charge is 0.227 e. The lowest BCUT2D eigenvalue weighted by Gasteiger charge is -2.30. The molecule has 2 fully saturated rings. The normalized spacial score (nSPS) is 18.8. The first-order chi connectivity index (χ1) is 16.2. The highest BCUT2D eigenvalue weighted by Gasteiger charge is 2.39. The molecule has 9 heteroatoms. The van der Waals surface area contributed by atoms with Crippen LogP contribution in [0.4, 0.5) is 0 Å². The van der Waals surface area contributed by atoms with E-state index in [0.717, 1.165) is 43.4 Å². The number of aromatic nitrogens is 6. The average molecular weight is 450 g/mol. The molecule has 0 atom stereocenters. The molecular weight excluding hydrogens is 418 g/mol. The van der Waals surface area contributed by atoms with Crippen LogP contribution in [0, 0.1) is 5.92 Å². The topological polar surface area (TPSA) is 112 Å². The molecule has 1 N–H and O–H groups in total. The molecule has 1 amide bonds. The fourth-order valence-electron chi connectivity index (χ4n) is 5.27. The van der Waals surface area contributed by atoms with Crippen molar-refractivity contribution in [3.8, 4) is 5.69 Å². The van der Waals surface area contributed by atoms with Crippen molar-refractivity contribution < 1.29 is 9.32 Å². The Kier molecular flexibility index (Phi) is 6.46. The first-order valence-corrected chi connectivity index (χ1v) is 12.2. The standard InChI is InChI=1S/C24H31N7O2/c32-21(15-19-9-11-20(12-10-19)31-17-25-29-30-31)27-24(13-5-1-2-6-14-24)23-26-22(33-28-23)16-18-7-3-4-8-18/h9-12,17-18H,1-8,13-16H2,(H,27,32). The number of benzene rings is 1. The Hall–Kier alpha value is -3.10. The molecular formula is C24H31N7O2. The van der Waals surface area contributed by atoms with Crippen LogP contribution >= 0.6 is 0 Å². The zero-order valence-electron chi connectivity index (χ0n) is 18.9. The molecule has 0 aliphatic heterocycles. The minimum Gasteiger partial charge on any atom is -0.343 e. The number of hydrogen-bond donors (Lipinski definition) is 1. The van der Waals surface area contributed by atoms with Crippen molar-refractivity contribution in [2.45, 2.75) is 82.6 Å².